The third-order valence-corrected chi connectivity index (χ3v) is 4.59. The molecule has 2 aromatic rings. The topological polar surface area (TPSA) is 56.6 Å². The summed E-state index contributed by atoms with van der Waals surface area (Å²) in [5.41, 5.74) is 1.36. The fourth-order valence-corrected chi connectivity index (χ4v) is 3.13. The molecule has 0 spiro atoms. The maximum absolute atomic E-state index is 13.1. The molecular formula is C20H20FN3O2. The summed E-state index contributed by atoms with van der Waals surface area (Å²) in [6, 6.07) is 14.9. The lowest BCUT2D eigenvalue weighted by atomic mass is 10.1. The first-order valence-electron chi connectivity index (χ1n) is 8.45. The van der Waals surface area contributed by atoms with Crippen molar-refractivity contribution >= 4 is 5.91 Å². The SMILES string of the molecule is COc1cccc(C(=O)N2CCN([C@H](C#N)c3ccc(F)cc3)CC2)c1. The highest BCUT2D eigenvalue weighted by Crippen LogP contribution is 2.23. The number of piperazine rings is 1. The number of carbonyl (C=O) groups excluding carboxylic acids is 1. The Morgan fingerprint density at radius 2 is 1.85 bits per heavy atom. The van der Waals surface area contributed by atoms with E-state index in [4.69, 9.17) is 4.74 Å². The third-order valence-electron chi connectivity index (χ3n) is 4.59. The molecule has 0 aliphatic carbocycles. The second kappa shape index (κ2) is 7.98. The molecule has 0 aromatic heterocycles. The second-order valence-corrected chi connectivity index (χ2v) is 6.14. The maximum Gasteiger partial charge on any atom is 0.254 e. The fraction of sp³-hybridized carbons (Fsp3) is 0.300. The first kappa shape index (κ1) is 17.9. The number of benzene rings is 2. The van der Waals surface area contributed by atoms with Crippen LogP contribution in [0, 0.1) is 17.1 Å². The van der Waals surface area contributed by atoms with Crippen molar-refractivity contribution in [2.24, 2.45) is 0 Å². The summed E-state index contributed by atoms with van der Waals surface area (Å²) in [4.78, 5) is 16.5. The molecule has 26 heavy (non-hydrogen) atoms. The number of methoxy groups -OCH3 is 1. The predicted molar refractivity (Wildman–Crippen MR) is 95.2 cm³/mol. The van der Waals surface area contributed by atoms with Gasteiger partial charge in [-0.15, -0.1) is 0 Å². The van der Waals surface area contributed by atoms with Crippen molar-refractivity contribution in [3.05, 3.63) is 65.5 Å². The smallest absolute Gasteiger partial charge is 0.254 e. The monoisotopic (exact) mass is 353 g/mol. The van der Waals surface area contributed by atoms with Crippen LogP contribution < -0.4 is 4.74 Å². The van der Waals surface area contributed by atoms with Gasteiger partial charge in [0, 0.05) is 31.7 Å². The van der Waals surface area contributed by atoms with Crippen LogP contribution in [-0.4, -0.2) is 49.0 Å². The van der Waals surface area contributed by atoms with Crippen LogP contribution in [0.1, 0.15) is 22.0 Å². The van der Waals surface area contributed by atoms with Gasteiger partial charge >= 0.3 is 0 Å². The Kier molecular flexibility index (Phi) is 5.49. The Labute approximate surface area is 152 Å². The molecule has 1 aliphatic rings. The molecule has 6 heteroatoms. The van der Waals surface area contributed by atoms with Crippen molar-refractivity contribution < 1.29 is 13.9 Å². The van der Waals surface area contributed by atoms with E-state index in [1.165, 1.54) is 12.1 Å². The molecule has 0 radical (unpaired) electrons. The van der Waals surface area contributed by atoms with Crippen LogP contribution >= 0.6 is 0 Å². The number of ether oxygens (including phenoxy) is 1. The lowest BCUT2D eigenvalue weighted by Crippen LogP contribution is -2.49. The van der Waals surface area contributed by atoms with Gasteiger partial charge in [0.15, 0.2) is 0 Å². The Balaban J connectivity index is 1.65. The fourth-order valence-electron chi connectivity index (χ4n) is 3.13. The number of amides is 1. The van der Waals surface area contributed by atoms with Gasteiger partial charge in [-0.1, -0.05) is 18.2 Å². The lowest BCUT2D eigenvalue weighted by molar-refractivity contribution is 0.0606. The van der Waals surface area contributed by atoms with Crippen LogP contribution in [0.5, 0.6) is 5.75 Å². The van der Waals surface area contributed by atoms with Gasteiger partial charge in [-0.3, -0.25) is 9.69 Å². The van der Waals surface area contributed by atoms with E-state index in [1.807, 2.05) is 4.90 Å². The average molecular weight is 353 g/mol. The number of hydrogen-bond acceptors (Lipinski definition) is 4. The summed E-state index contributed by atoms with van der Waals surface area (Å²) < 4.78 is 18.3. The average Bonchev–Trinajstić information content (AvgIpc) is 2.70. The molecule has 1 atom stereocenters. The molecule has 0 bridgehead atoms. The van der Waals surface area contributed by atoms with Crippen molar-refractivity contribution in [2.45, 2.75) is 6.04 Å². The van der Waals surface area contributed by atoms with Gasteiger partial charge in [-0.25, -0.2) is 4.39 Å². The summed E-state index contributed by atoms with van der Waals surface area (Å²) in [6.07, 6.45) is 0. The normalized spacial score (nSPS) is 16.0. The third kappa shape index (κ3) is 3.84. The minimum Gasteiger partial charge on any atom is -0.497 e. The minimum atomic E-state index is -0.440. The van der Waals surface area contributed by atoms with Gasteiger partial charge in [0.1, 0.15) is 17.6 Å². The van der Waals surface area contributed by atoms with Gasteiger partial charge in [-0.05, 0) is 35.9 Å². The van der Waals surface area contributed by atoms with E-state index in [2.05, 4.69) is 6.07 Å². The van der Waals surface area contributed by atoms with Crippen molar-refractivity contribution in [3.63, 3.8) is 0 Å². The zero-order valence-electron chi connectivity index (χ0n) is 14.6. The zero-order chi connectivity index (χ0) is 18.5. The zero-order valence-corrected chi connectivity index (χ0v) is 14.6. The highest BCUT2D eigenvalue weighted by molar-refractivity contribution is 5.94. The number of nitriles is 1. The molecule has 3 rings (SSSR count). The molecule has 134 valence electrons. The maximum atomic E-state index is 13.1. The standard InChI is InChI=1S/C20H20FN3O2/c1-26-18-4-2-3-16(13-18)20(25)24-11-9-23(10-12-24)19(14-22)15-5-7-17(21)8-6-15/h2-8,13,19H,9-12H2,1H3/t19-/m1/s1. The van der Waals surface area contributed by atoms with Crippen molar-refractivity contribution in [1.82, 2.24) is 9.80 Å². The number of nitrogens with zero attached hydrogens (tertiary/aromatic N) is 3. The number of halogens is 1. The molecule has 1 fully saturated rings. The molecule has 0 unspecified atom stereocenters. The first-order valence-corrected chi connectivity index (χ1v) is 8.45. The molecule has 1 heterocycles. The Morgan fingerprint density at radius 1 is 1.15 bits per heavy atom. The molecule has 0 N–H and O–H groups in total. The van der Waals surface area contributed by atoms with Crippen LogP contribution in [0.3, 0.4) is 0 Å². The molecule has 2 aromatic carbocycles. The molecular weight excluding hydrogens is 333 g/mol. The van der Waals surface area contributed by atoms with E-state index < -0.39 is 6.04 Å². The summed E-state index contributed by atoms with van der Waals surface area (Å²) in [5, 5.41) is 9.53. The first-order chi connectivity index (χ1) is 12.6. The van der Waals surface area contributed by atoms with E-state index in [-0.39, 0.29) is 11.7 Å². The van der Waals surface area contributed by atoms with Crippen LogP contribution in [0.15, 0.2) is 48.5 Å². The van der Waals surface area contributed by atoms with Gasteiger partial charge < -0.3 is 9.64 Å². The van der Waals surface area contributed by atoms with Gasteiger partial charge in [0.05, 0.1) is 13.2 Å². The van der Waals surface area contributed by atoms with Crippen molar-refractivity contribution in [2.75, 3.05) is 33.3 Å². The minimum absolute atomic E-state index is 0.0427. The van der Waals surface area contributed by atoms with Crippen LogP contribution in [0.25, 0.3) is 0 Å². The van der Waals surface area contributed by atoms with E-state index in [0.29, 0.717) is 37.5 Å². The summed E-state index contributed by atoms with van der Waals surface area (Å²) in [6.45, 7) is 2.25. The molecule has 1 saturated heterocycles. The van der Waals surface area contributed by atoms with Crippen LogP contribution in [0.2, 0.25) is 0 Å². The van der Waals surface area contributed by atoms with Gasteiger partial charge in [0.25, 0.3) is 5.91 Å². The second-order valence-electron chi connectivity index (χ2n) is 6.14. The Bertz CT molecular complexity index is 809. The van der Waals surface area contributed by atoms with Crippen LogP contribution in [-0.2, 0) is 0 Å². The van der Waals surface area contributed by atoms with E-state index in [9.17, 15) is 14.4 Å². The Morgan fingerprint density at radius 3 is 2.46 bits per heavy atom. The van der Waals surface area contributed by atoms with Crippen LogP contribution in [0.4, 0.5) is 4.39 Å². The highest BCUT2D eigenvalue weighted by atomic mass is 19.1. The van der Waals surface area contributed by atoms with Crippen molar-refractivity contribution in [3.8, 4) is 11.8 Å². The summed E-state index contributed by atoms with van der Waals surface area (Å²) >= 11 is 0. The lowest BCUT2D eigenvalue weighted by Gasteiger charge is -2.37. The largest absolute Gasteiger partial charge is 0.497 e. The number of rotatable bonds is 4. The summed E-state index contributed by atoms with van der Waals surface area (Å²) in [5.74, 6) is 0.285. The predicted octanol–water partition coefficient (Wildman–Crippen LogP) is 2.86. The Hall–Kier alpha value is -2.91. The van der Waals surface area contributed by atoms with Gasteiger partial charge in [-0.2, -0.15) is 5.26 Å². The summed E-state index contributed by atoms with van der Waals surface area (Å²) in [7, 11) is 1.57. The van der Waals surface area contributed by atoms with Gasteiger partial charge in [0.2, 0.25) is 0 Å². The van der Waals surface area contributed by atoms with E-state index in [0.717, 1.165) is 5.56 Å². The quantitative estimate of drug-likeness (QED) is 0.848. The highest BCUT2D eigenvalue weighted by Gasteiger charge is 2.27. The number of carbonyl (C=O) groups is 1. The number of hydrogen-bond donors (Lipinski definition) is 0. The molecule has 0 saturated carbocycles. The molecule has 5 nitrogen and oxygen atoms in total. The molecule has 1 amide bonds. The van der Waals surface area contributed by atoms with E-state index >= 15 is 0 Å². The molecule has 1 aliphatic heterocycles. The van der Waals surface area contributed by atoms with Crippen molar-refractivity contribution in [1.29, 1.82) is 5.26 Å². The van der Waals surface area contributed by atoms with E-state index in [1.54, 1.807) is 48.4 Å².